The zero-order chi connectivity index (χ0) is 24.1. The van der Waals surface area contributed by atoms with Crippen molar-refractivity contribution in [3.63, 3.8) is 0 Å². The quantitative estimate of drug-likeness (QED) is 0.437. The molecule has 2 aromatic carbocycles. The summed E-state index contributed by atoms with van der Waals surface area (Å²) in [5, 5.41) is 10.7. The minimum Gasteiger partial charge on any atom is -0.493 e. The van der Waals surface area contributed by atoms with E-state index in [2.05, 4.69) is 15.7 Å². The first-order valence-corrected chi connectivity index (χ1v) is 10.6. The van der Waals surface area contributed by atoms with Crippen molar-refractivity contribution in [2.45, 2.75) is 34.2 Å². The number of aryl methyl sites for hydroxylation is 3. The zero-order valence-electron chi connectivity index (χ0n) is 20.2. The zero-order valence-corrected chi connectivity index (χ0v) is 20.2. The van der Waals surface area contributed by atoms with Crippen molar-refractivity contribution in [1.82, 2.24) is 15.1 Å². The normalized spacial score (nSPS) is 11.3. The summed E-state index contributed by atoms with van der Waals surface area (Å²) in [5.41, 5.74) is 6.50. The number of hydrogen-bond donors (Lipinski definition) is 2. The topological polar surface area (TPSA) is 89.8 Å². The van der Waals surface area contributed by atoms with Crippen molar-refractivity contribution < 1.29 is 14.3 Å². The Labute approximate surface area is 194 Å². The summed E-state index contributed by atoms with van der Waals surface area (Å²) in [7, 11) is 5.00. The van der Waals surface area contributed by atoms with Crippen molar-refractivity contribution >= 4 is 17.6 Å². The third-order valence-electron chi connectivity index (χ3n) is 5.79. The Kier molecular flexibility index (Phi) is 7.37. The van der Waals surface area contributed by atoms with E-state index in [0.29, 0.717) is 29.6 Å². The average Bonchev–Trinajstić information content (AvgIpc) is 3.05. The summed E-state index contributed by atoms with van der Waals surface area (Å²) in [5.74, 6) is 1.07. The van der Waals surface area contributed by atoms with E-state index in [9.17, 15) is 4.79 Å². The second-order valence-electron chi connectivity index (χ2n) is 7.83. The molecule has 0 aliphatic heterocycles. The number of rotatable bonds is 6. The maximum absolute atomic E-state index is 13.1. The van der Waals surface area contributed by atoms with E-state index in [1.807, 2.05) is 57.6 Å². The third kappa shape index (κ3) is 5.34. The number of carbonyl (C=O) groups is 1. The molecule has 33 heavy (non-hydrogen) atoms. The largest absolute Gasteiger partial charge is 0.493 e. The van der Waals surface area contributed by atoms with Crippen molar-refractivity contribution in [2.75, 3.05) is 19.5 Å². The molecule has 1 aromatic heterocycles. The van der Waals surface area contributed by atoms with Gasteiger partial charge >= 0.3 is 0 Å². The number of guanidine groups is 1. The summed E-state index contributed by atoms with van der Waals surface area (Å²) < 4.78 is 12.4. The molecule has 0 aliphatic rings. The fourth-order valence-corrected chi connectivity index (χ4v) is 3.49. The molecule has 0 unspecified atom stereocenters. The van der Waals surface area contributed by atoms with Gasteiger partial charge in [-0.15, -0.1) is 0 Å². The number of ether oxygens (including phenoxy) is 2. The number of anilines is 1. The van der Waals surface area contributed by atoms with Crippen LogP contribution in [0.5, 0.6) is 11.5 Å². The van der Waals surface area contributed by atoms with Crippen LogP contribution in [0.4, 0.5) is 5.69 Å². The minimum absolute atomic E-state index is 0.313. The highest BCUT2D eigenvalue weighted by Crippen LogP contribution is 2.27. The standard InChI is InChI=1S/C25H31N5O3/c1-15-9-8-10-21(16(15)2)27-25(26-14-20-17(3)29-30(5)18(20)4)28-24(31)19-11-12-22(32-6)23(13-19)33-7/h8-13H,14H2,1-7H3,(H2,26,27,28,31). The molecular weight excluding hydrogens is 418 g/mol. The molecule has 8 nitrogen and oxygen atoms in total. The lowest BCUT2D eigenvalue weighted by Gasteiger charge is -2.15. The Hall–Kier alpha value is -3.81. The number of aliphatic imine (C=N–C) groups is 1. The van der Waals surface area contributed by atoms with Gasteiger partial charge in [0.2, 0.25) is 5.96 Å². The number of nitrogens with one attached hydrogen (secondary N) is 2. The van der Waals surface area contributed by atoms with Crippen LogP contribution in [0.3, 0.4) is 0 Å². The van der Waals surface area contributed by atoms with Crippen LogP contribution in [0, 0.1) is 27.7 Å². The van der Waals surface area contributed by atoms with Crippen LogP contribution in [0.2, 0.25) is 0 Å². The highest BCUT2D eigenvalue weighted by Gasteiger charge is 2.15. The fourth-order valence-electron chi connectivity index (χ4n) is 3.49. The smallest absolute Gasteiger partial charge is 0.258 e. The lowest BCUT2D eigenvalue weighted by molar-refractivity contribution is 0.0976. The number of amides is 1. The van der Waals surface area contributed by atoms with Crippen LogP contribution >= 0.6 is 0 Å². The third-order valence-corrected chi connectivity index (χ3v) is 5.79. The first-order chi connectivity index (χ1) is 15.7. The molecule has 0 aliphatic carbocycles. The van der Waals surface area contributed by atoms with E-state index in [0.717, 1.165) is 33.8 Å². The number of hydrogen-bond acceptors (Lipinski definition) is 5. The van der Waals surface area contributed by atoms with Gasteiger partial charge in [0, 0.05) is 29.6 Å². The molecule has 1 amide bonds. The molecule has 3 aromatic rings. The number of nitrogens with zero attached hydrogens (tertiary/aromatic N) is 3. The van der Waals surface area contributed by atoms with Crippen molar-refractivity contribution in [2.24, 2.45) is 12.0 Å². The summed E-state index contributed by atoms with van der Waals surface area (Å²) in [4.78, 5) is 17.8. The lowest BCUT2D eigenvalue weighted by atomic mass is 10.1. The van der Waals surface area contributed by atoms with Gasteiger partial charge in [-0.05, 0) is 63.1 Å². The number of benzene rings is 2. The van der Waals surface area contributed by atoms with Crippen LogP contribution < -0.4 is 20.1 Å². The second kappa shape index (κ2) is 10.2. The van der Waals surface area contributed by atoms with Crippen LogP contribution in [0.15, 0.2) is 41.4 Å². The molecule has 3 rings (SSSR count). The van der Waals surface area contributed by atoms with Crippen LogP contribution in [-0.2, 0) is 13.6 Å². The summed E-state index contributed by atoms with van der Waals surface area (Å²) in [6.45, 7) is 8.41. The van der Waals surface area contributed by atoms with Crippen molar-refractivity contribution in [3.05, 3.63) is 70.0 Å². The Morgan fingerprint density at radius 1 is 1.06 bits per heavy atom. The maximum Gasteiger partial charge on any atom is 0.258 e. The average molecular weight is 450 g/mol. The van der Waals surface area contributed by atoms with E-state index in [4.69, 9.17) is 14.5 Å². The van der Waals surface area contributed by atoms with Gasteiger partial charge in [0.1, 0.15) is 0 Å². The van der Waals surface area contributed by atoms with E-state index < -0.39 is 0 Å². The van der Waals surface area contributed by atoms with Crippen LogP contribution in [0.1, 0.15) is 38.4 Å². The number of aromatic nitrogens is 2. The summed E-state index contributed by atoms with van der Waals surface area (Å²) in [6.07, 6.45) is 0. The van der Waals surface area contributed by atoms with E-state index in [1.165, 1.54) is 7.11 Å². The first kappa shape index (κ1) is 23.8. The number of methoxy groups -OCH3 is 2. The molecule has 0 fully saturated rings. The minimum atomic E-state index is -0.313. The Balaban J connectivity index is 1.92. The highest BCUT2D eigenvalue weighted by molar-refractivity contribution is 6.10. The van der Waals surface area contributed by atoms with E-state index in [-0.39, 0.29) is 5.91 Å². The molecule has 1 heterocycles. The highest BCUT2D eigenvalue weighted by atomic mass is 16.5. The fraction of sp³-hybridized carbons (Fsp3) is 0.320. The Morgan fingerprint density at radius 2 is 1.79 bits per heavy atom. The van der Waals surface area contributed by atoms with Gasteiger partial charge in [0.25, 0.3) is 5.91 Å². The first-order valence-electron chi connectivity index (χ1n) is 10.6. The van der Waals surface area contributed by atoms with Crippen LogP contribution in [-0.4, -0.2) is 35.9 Å². The molecule has 174 valence electrons. The predicted octanol–water partition coefficient (Wildman–Crippen LogP) is 4.07. The van der Waals surface area contributed by atoms with Gasteiger partial charge in [-0.1, -0.05) is 12.1 Å². The van der Waals surface area contributed by atoms with E-state index in [1.54, 1.807) is 25.3 Å². The lowest BCUT2D eigenvalue weighted by Crippen LogP contribution is -2.36. The number of carbonyl (C=O) groups excluding carboxylic acids is 1. The van der Waals surface area contributed by atoms with Crippen molar-refractivity contribution in [1.29, 1.82) is 0 Å². The Morgan fingerprint density at radius 3 is 2.42 bits per heavy atom. The molecule has 0 saturated heterocycles. The molecule has 0 atom stereocenters. The molecule has 0 bridgehead atoms. The summed E-state index contributed by atoms with van der Waals surface area (Å²) >= 11 is 0. The van der Waals surface area contributed by atoms with Gasteiger partial charge in [-0.3, -0.25) is 14.8 Å². The van der Waals surface area contributed by atoms with Gasteiger partial charge in [0.05, 0.1) is 26.5 Å². The van der Waals surface area contributed by atoms with Gasteiger partial charge in [-0.2, -0.15) is 5.10 Å². The van der Waals surface area contributed by atoms with Gasteiger partial charge in [-0.25, -0.2) is 4.99 Å². The molecule has 2 N–H and O–H groups in total. The van der Waals surface area contributed by atoms with Crippen molar-refractivity contribution in [3.8, 4) is 11.5 Å². The van der Waals surface area contributed by atoms with Gasteiger partial charge in [0.15, 0.2) is 11.5 Å². The SMILES string of the molecule is COc1ccc(C(=O)NC(=NCc2c(C)nn(C)c2C)Nc2cccc(C)c2C)cc1OC. The summed E-state index contributed by atoms with van der Waals surface area (Å²) in [6, 6.07) is 11.0. The second-order valence-corrected chi connectivity index (χ2v) is 7.83. The van der Waals surface area contributed by atoms with Crippen LogP contribution in [0.25, 0.3) is 0 Å². The molecule has 0 radical (unpaired) electrons. The monoisotopic (exact) mass is 449 g/mol. The maximum atomic E-state index is 13.1. The predicted molar refractivity (Wildman–Crippen MR) is 130 cm³/mol. The molecule has 8 heteroatoms. The molecular formula is C25H31N5O3. The molecule has 0 saturated carbocycles. The van der Waals surface area contributed by atoms with Gasteiger partial charge < -0.3 is 14.8 Å². The Bertz CT molecular complexity index is 1200. The molecule has 0 spiro atoms. The van der Waals surface area contributed by atoms with E-state index >= 15 is 0 Å².